The molecule has 0 aliphatic carbocycles. The Morgan fingerprint density at radius 2 is 2.21 bits per heavy atom. The van der Waals surface area contributed by atoms with E-state index in [-0.39, 0.29) is 18.3 Å². The summed E-state index contributed by atoms with van der Waals surface area (Å²) in [6.07, 6.45) is 2.33. The molecule has 0 aromatic carbocycles. The lowest BCUT2D eigenvalue weighted by atomic mass is 9.93. The van der Waals surface area contributed by atoms with Crippen LogP contribution in [-0.2, 0) is 0 Å². The van der Waals surface area contributed by atoms with E-state index in [1.807, 2.05) is 6.07 Å². The number of nitrogens with one attached hydrogen (secondary N) is 1. The van der Waals surface area contributed by atoms with Crippen molar-refractivity contribution in [1.82, 2.24) is 10.2 Å². The third kappa shape index (κ3) is 2.81. The Morgan fingerprint density at radius 3 is 2.89 bits per heavy atom. The average molecular weight is 301 g/mol. The summed E-state index contributed by atoms with van der Waals surface area (Å²) >= 11 is 1.63. The summed E-state index contributed by atoms with van der Waals surface area (Å²) in [6, 6.07) is 2.70. The third-order valence-electron chi connectivity index (χ3n) is 4.32. The van der Waals surface area contributed by atoms with Crippen molar-refractivity contribution >= 4 is 29.7 Å². The van der Waals surface area contributed by atoms with Gasteiger partial charge in [0.25, 0.3) is 5.91 Å². The van der Waals surface area contributed by atoms with Crippen LogP contribution in [0.15, 0.2) is 6.07 Å². The van der Waals surface area contributed by atoms with Crippen molar-refractivity contribution in [3.05, 3.63) is 21.4 Å². The molecule has 2 aliphatic heterocycles. The molecule has 0 radical (unpaired) electrons. The first kappa shape index (κ1) is 14.8. The highest BCUT2D eigenvalue weighted by Gasteiger charge is 2.34. The van der Waals surface area contributed by atoms with Crippen LogP contribution >= 0.6 is 23.7 Å². The van der Waals surface area contributed by atoms with E-state index < -0.39 is 0 Å². The zero-order valence-corrected chi connectivity index (χ0v) is 13.1. The number of nitrogens with zero attached hydrogens (tertiary/aromatic N) is 1. The molecule has 1 aromatic heterocycles. The summed E-state index contributed by atoms with van der Waals surface area (Å²) in [7, 11) is 0. The van der Waals surface area contributed by atoms with E-state index in [0.29, 0.717) is 12.0 Å². The Balaban J connectivity index is 0.00000133. The van der Waals surface area contributed by atoms with Crippen LogP contribution < -0.4 is 5.32 Å². The maximum atomic E-state index is 12.5. The molecule has 3 heterocycles. The summed E-state index contributed by atoms with van der Waals surface area (Å²) < 4.78 is 0. The zero-order valence-electron chi connectivity index (χ0n) is 11.4. The normalized spacial score (nSPS) is 25.9. The van der Waals surface area contributed by atoms with E-state index in [0.717, 1.165) is 30.9 Å². The minimum atomic E-state index is 0. The number of amides is 1. The van der Waals surface area contributed by atoms with Crippen molar-refractivity contribution < 1.29 is 4.79 Å². The van der Waals surface area contributed by atoms with Crippen LogP contribution in [-0.4, -0.2) is 36.5 Å². The lowest BCUT2D eigenvalue weighted by Gasteiger charge is -2.34. The summed E-state index contributed by atoms with van der Waals surface area (Å²) in [5.41, 5.74) is 1.24. The minimum absolute atomic E-state index is 0. The number of carbonyl (C=O) groups is 1. The third-order valence-corrected chi connectivity index (χ3v) is 5.46. The fraction of sp³-hybridized carbons (Fsp3) is 0.643. The van der Waals surface area contributed by atoms with Gasteiger partial charge in [-0.15, -0.1) is 23.7 Å². The number of hydrogen-bond acceptors (Lipinski definition) is 3. The van der Waals surface area contributed by atoms with Crippen LogP contribution in [0.1, 0.15) is 33.0 Å². The van der Waals surface area contributed by atoms with Gasteiger partial charge in [-0.2, -0.15) is 0 Å². The first-order valence-corrected chi connectivity index (χ1v) is 7.56. The second-order valence-corrected chi connectivity index (χ2v) is 6.76. The predicted octanol–water partition coefficient (Wildman–Crippen LogP) is 2.61. The predicted molar refractivity (Wildman–Crippen MR) is 81.5 cm³/mol. The average Bonchev–Trinajstić information content (AvgIpc) is 2.95. The van der Waals surface area contributed by atoms with Crippen LogP contribution in [0, 0.1) is 19.8 Å². The van der Waals surface area contributed by atoms with Gasteiger partial charge in [0.05, 0.1) is 4.88 Å². The number of aryl methyl sites for hydroxylation is 2. The highest BCUT2D eigenvalue weighted by Crippen LogP contribution is 2.28. The van der Waals surface area contributed by atoms with Gasteiger partial charge in [0, 0.05) is 24.0 Å². The van der Waals surface area contributed by atoms with E-state index in [4.69, 9.17) is 0 Å². The molecule has 2 atom stereocenters. The maximum absolute atomic E-state index is 12.5. The van der Waals surface area contributed by atoms with E-state index in [1.54, 1.807) is 11.3 Å². The molecule has 2 aliphatic rings. The summed E-state index contributed by atoms with van der Waals surface area (Å²) in [5.74, 6) is 0.909. The Morgan fingerprint density at radius 1 is 1.42 bits per heavy atom. The van der Waals surface area contributed by atoms with E-state index in [1.165, 1.54) is 16.9 Å². The molecule has 3 rings (SSSR count). The molecule has 5 heteroatoms. The van der Waals surface area contributed by atoms with Gasteiger partial charge in [-0.3, -0.25) is 4.79 Å². The second kappa shape index (κ2) is 5.81. The number of piperidine rings is 1. The molecule has 3 nitrogen and oxygen atoms in total. The van der Waals surface area contributed by atoms with Gasteiger partial charge in [0.2, 0.25) is 0 Å². The summed E-state index contributed by atoms with van der Waals surface area (Å²) in [6.45, 7) is 7.13. The largest absolute Gasteiger partial charge is 0.338 e. The minimum Gasteiger partial charge on any atom is -0.338 e. The van der Waals surface area contributed by atoms with Crippen molar-refractivity contribution in [1.29, 1.82) is 0 Å². The van der Waals surface area contributed by atoms with Gasteiger partial charge in [0.15, 0.2) is 0 Å². The number of likely N-dealkylation sites (tertiary alicyclic amines) is 1. The second-order valence-electron chi connectivity index (χ2n) is 5.50. The van der Waals surface area contributed by atoms with Gasteiger partial charge in [-0.05, 0) is 50.8 Å². The number of thiophene rings is 1. The molecule has 2 unspecified atom stereocenters. The first-order valence-electron chi connectivity index (χ1n) is 6.75. The highest BCUT2D eigenvalue weighted by atomic mass is 35.5. The number of rotatable bonds is 1. The first-order chi connectivity index (χ1) is 8.65. The Hall–Kier alpha value is -0.580. The van der Waals surface area contributed by atoms with E-state index in [9.17, 15) is 4.79 Å². The van der Waals surface area contributed by atoms with Gasteiger partial charge in [0.1, 0.15) is 0 Å². The Labute approximate surface area is 124 Å². The molecule has 2 saturated heterocycles. The Bertz CT molecular complexity index is 455. The fourth-order valence-corrected chi connectivity index (χ4v) is 4.07. The molecule has 1 N–H and O–H groups in total. The van der Waals surface area contributed by atoms with Gasteiger partial charge in [-0.25, -0.2) is 0 Å². The lowest BCUT2D eigenvalue weighted by molar-refractivity contribution is 0.0667. The van der Waals surface area contributed by atoms with Crippen LogP contribution in [0.5, 0.6) is 0 Å². The monoisotopic (exact) mass is 300 g/mol. The maximum Gasteiger partial charge on any atom is 0.263 e. The van der Waals surface area contributed by atoms with Crippen molar-refractivity contribution in [3.63, 3.8) is 0 Å². The smallest absolute Gasteiger partial charge is 0.263 e. The number of halogens is 1. The molecule has 0 saturated carbocycles. The number of hydrogen-bond donors (Lipinski definition) is 1. The lowest BCUT2D eigenvalue weighted by Crippen LogP contribution is -2.46. The molecule has 1 aromatic rings. The standard InChI is InChI=1S/C14H20N2OS.ClH/c1-9-7-13(18-10(9)2)14(17)16-6-4-12-11(8-16)3-5-15-12;/h7,11-12,15H,3-6,8H2,1-2H3;1H. The molecule has 1 amide bonds. The van der Waals surface area contributed by atoms with Gasteiger partial charge < -0.3 is 10.2 Å². The van der Waals surface area contributed by atoms with E-state index >= 15 is 0 Å². The highest BCUT2D eigenvalue weighted by molar-refractivity contribution is 7.14. The molecular formula is C14H21ClN2OS. The van der Waals surface area contributed by atoms with Crippen LogP contribution in [0.25, 0.3) is 0 Å². The summed E-state index contributed by atoms with van der Waals surface area (Å²) in [5, 5.41) is 3.54. The molecule has 0 bridgehead atoms. The van der Waals surface area contributed by atoms with Crippen LogP contribution in [0.2, 0.25) is 0 Å². The molecule has 106 valence electrons. The van der Waals surface area contributed by atoms with Crippen LogP contribution in [0.4, 0.5) is 0 Å². The van der Waals surface area contributed by atoms with Crippen molar-refractivity contribution in [2.45, 2.75) is 32.7 Å². The fourth-order valence-electron chi connectivity index (χ4n) is 3.07. The molecule has 19 heavy (non-hydrogen) atoms. The Kier molecular flexibility index (Phi) is 4.54. The number of fused-ring (bicyclic) bond motifs is 1. The number of carbonyl (C=O) groups excluding carboxylic acids is 1. The quantitative estimate of drug-likeness (QED) is 0.865. The zero-order chi connectivity index (χ0) is 12.7. The molecule has 2 fully saturated rings. The van der Waals surface area contributed by atoms with Gasteiger partial charge >= 0.3 is 0 Å². The van der Waals surface area contributed by atoms with Gasteiger partial charge in [-0.1, -0.05) is 0 Å². The summed E-state index contributed by atoms with van der Waals surface area (Å²) in [4.78, 5) is 16.7. The SMILES string of the molecule is Cc1cc(C(=O)N2CCC3NCCC3C2)sc1C.Cl. The van der Waals surface area contributed by atoms with Crippen molar-refractivity contribution in [2.24, 2.45) is 5.92 Å². The van der Waals surface area contributed by atoms with Crippen molar-refractivity contribution in [2.75, 3.05) is 19.6 Å². The topological polar surface area (TPSA) is 32.3 Å². The van der Waals surface area contributed by atoms with Crippen molar-refractivity contribution in [3.8, 4) is 0 Å². The van der Waals surface area contributed by atoms with E-state index in [2.05, 4.69) is 24.1 Å². The molecule has 0 spiro atoms. The molecular weight excluding hydrogens is 280 g/mol. The van der Waals surface area contributed by atoms with Crippen LogP contribution in [0.3, 0.4) is 0 Å².